The van der Waals surface area contributed by atoms with Crippen molar-refractivity contribution < 1.29 is 9.72 Å². The van der Waals surface area contributed by atoms with E-state index in [9.17, 15) is 14.9 Å². The number of carbonyl (C=O) groups excluding carboxylic acids is 1. The van der Waals surface area contributed by atoms with E-state index in [0.717, 1.165) is 16.9 Å². The normalized spacial score (nSPS) is 11.4. The summed E-state index contributed by atoms with van der Waals surface area (Å²) in [5.74, 6) is -0.327. The first-order valence-corrected chi connectivity index (χ1v) is 12.9. The van der Waals surface area contributed by atoms with Gasteiger partial charge in [0, 0.05) is 53.3 Å². The quantitative estimate of drug-likeness (QED) is 0.0782. The molecular formula is C17H16IN4O3PS. The maximum absolute atomic E-state index is 12.4. The lowest BCUT2D eigenvalue weighted by atomic mass is 10.1. The van der Waals surface area contributed by atoms with Crippen molar-refractivity contribution in [1.82, 2.24) is 0 Å². The number of hydrogen-bond donors (Lipinski definition) is 3. The van der Waals surface area contributed by atoms with Crippen molar-refractivity contribution in [2.45, 2.75) is 0 Å². The first-order chi connectivity index (χ1) is 13.0. The number of nitro benzene ring substituents is 1. The fourth-order valence-corrected chi connectivity index (χ4v) is 3.83. The Balaban J connectivity index is 2.23. The van der Waals surface area contributed by atoms with Crippen LogP contribution in [0.1, 0.15) is 15.9 Å². The van der Waals surface area contributed by atoms with Crippen LogP contribution < -0.4 is 10.4 Å². The molecule has 0 saturated heterocycles. The fourth-order valence-electron chi connectivity index (χ4n) is 2.19. The van der Waals surface area contributed by atoms with Gasteiger partial charge in [-0.1, -0.05) is 12.1 Å². The molecule has 0 radical (unpaired) electrons. The molecule has 27 heavy (non-hydrogen) atoms. The van der Waals surface area contributed by atoms with Gasteiger partial charge in [0.15, 0.2) is 5.78 Å². The van der Waals surface area contributed by atoms with Gasteiger partial charge in [0.05, 0.1) is 9.95 Å². The molecule has 0 aromatic heterocycles. The van der Waals surface area contributed by atoms with Crippen LogP contribution in [0.2, 0.25) is 0 Å². The molecule has 0 spiro atoms. The third-order valence-electron chi connectivity index (χ3n) is 3.48. The molecule has 2 rings (SSSR count). The van der Waals surface area contributed by atoms with Crippen molar-refractivity contribution in [3.63, 3.8) is 0 Å². The molecule has 3 N–H and O–H groups in total. The van der Waals surface area contributed by atoms with Crippen molar-refractivity contribution in [2.24, 2.45) is 0 Å². The number of nitrogens with zero attached hydrogens (tertiary/aromatic N) is 1. The Morgan fingerprint density at radius 2 is 2.11 bits per heavy atom. The Hall–Kier alpha value is -1.97. The smallest absolute Gasteiger partial charge is 0.270 e. The zero-order valence-corrected chi connectivity index (χ0v) is 18.1. The minimum atomic E-state index is -0.529. The first kappa shape index (κ1) is 21.3. The molecular weight excluding hydrogens is 498 g/mol. The van der Waals surface area contributed by atoms with Crippen LogP contribution in [-0.4, -0.2) is 23.2 Å². The number of nitro groups is 1. The summed E-state index contributed by atoms with van der Waals surface area (Å²) in [5.41, 5.74) is 2.46. The standard InChI is InChI=1S/C17H16IN4O3PS/c1-27-17(9-16(23)11-3-2-4-14(8-11)22(24)25)20-13-5-6-15(21-26-18)12(7-13)10-19/h2-10,19-21,26H,1H3/b17-9-,19-10?. The van der Waals surface area contributed by atoms with Gasteiger partial charge in [-0.3, -0.25) is 14.9 Å². The van der Waals surface area contributed by atoms with Crippen molar-refractivity contribution in [2.75, 3.05) is 16.7 Å². The van der Waals surface area contributed by atoms with Gasteiger partial charge in [-0.2, -0.15) is 0 Å². The van der Waals surface area contributed by atoms with Gasteiger partial charge in [-0.15, -0.1) is 11.8 Å². The number of carbonyl (C=O) groups is 1. The maximum Gasteiger partial charge on any atom is 0.270 e. The number of thioether (sulfide) groups is 1. The summed E-state index contributed by atoms with van der Waals surface area (Å²) in [6.45, 7) is 0. The Kier molecular flexibility index (Phi) is 8.21. The minimum absolute atomic E-state index is 0.123. The highest BCUT2D eigenvalue weighted by Gasteiger charge is 2.11. The second kappa shape index (κ2) is 10.4. The zero-order chi connectivity index (χ0) is 19.8. The molecule has 0 amide bonds. The summed E-state index contributed by atoms with van der Waals surface area (Å²) in [4.78, 5) is 22.8. The Bertz CT molecular complexity index is 907. The highest BCUT2D eigenvalue weighted by atomic mass is 127. The van der Waals surface area contributed by atoms with E-state index >= 15 is 0 Å². The third-order valence-corrected chi connectivity index (χ3v) is 5.31. The molecule has 1 atom stereocenters. The first-order valence-electron chi connectivity index (χ1n) is 7.56. The Morgan fingerprint density at radius 3 is 2.74 bits per heavy atom. The van der Waals surface area contributed by atoms with Crippen LogP contribution in [0.5, 0.6) is 0 Å². The van der Waals surface area contributed by atoms with E-state index in [-0.39, 0.29) is 17.0 Å². The molecule has 2 aromatic carbocycles. The van der Waals surface area contributed by atoms with Crippen LogP contribution in [0, 0.1) is 15.5 Å². The summed E-state index contributed by atoms with van der Waals surface area (Å²) in [6.07, 6.45) is 4.99. The Labute approximate surface area is 175 Å². The summed E-state index contributed by atoms with van der Waals surface area (Å²) in [7, 11) is 0. The van der Waals surface area contributed by atoms with E-state index in [4.69, 9.17) is 5.41 Å². The van der Waals surface area contributed by atoms with Crippen LogP contribution in [0.4, 0.5) is 17.1 Å². The van der Waals surface area contributed by atoms with Crippen molar-refractivity contribution in [1.29, 1.82) is 5.41 Å². The molecule has 0 aliphatic heterocycles. The molecule has 1 unspecified atom stereocenters. The van der Waals surface area contributed by atoms with E-state index in [1.807, 2.05) is 24.5 Å². The van der Waals surface area contributed by atoms with Gasteiger partial charge in [0.1, 0.15) is 0 Å². The average molecular weight is 514 g/mol. The third kappa shape index (κ3) is 6.02. The number of ketones is 1. The molecule has 0 aliphatic rings. The van der Waals surface area contributed by atoms with E-state index in [1.54, 1.807) is 6.07 Å². The number of non-ortho nitro benzene ring substituents is 1. The highest BCUT2D eigenvalue weighted by Crippen LogP contribution is 2.29. The molecule has 140 valence electrons. The summed E-state index contributed by atoms with van der Waals surface area (Å²) in [6, 6.07) is 11.2. The molecule has 0 bridgehead atoms. The lowest BCUT2D eigenvalue weighted by Gasteiger charge is -2.12. The summed E-state index contributed by atoms with van der Waals surface area (Å²) >= 11 is 3.57. The van der Waals surface area contributed by atoms with Crippen molar-refractivity contribution in [3.05, 3.63) is 74.8 Å². The monoisotopic (exact) mass is 514 g/mol. The van der Waals surface area contributed by atoms with E-state index < -0.39 is 4.92 Å². The van der Waals surface area contributed by atoms with E-state index in [1.165, 1.54) is 42.3 Å². The second-order valence-electron chi connectivity index (χ2n) is 5.18. The van der Waals surface area contributed by atoms with Gasteiger partial charge in [-0.25, -0.2) is 0 Å². The largest absolute Gasteiger partial charge is 0.358 e. The van der Waals surface area contributed by atoms with Crippen LogP contribution in [-0.2, 0) is 0 Å². The van der Waals surface area contributed by atoms with Crippen LogP contribution in [0.15, 0.2) is 53.6 Å². The summed E-state index contributed by atoms with van der Waals surface area (Å²) in [5, 5.41) is 25.4. The molecule has 0 aliphatic carbocycles. The SMILES string of the molecule is CS/C(=C\C(=O)c1cccc([N+](=O)[O-])c1)Nc1ccc(NPI)c(C=N)c1. The van der Waals surface area contributed by atoms with Crippen LogP contribution in [0.3, 0.4) is 0 Å². The topological polar surface area (TPSA) is 108 Å². The summed E-state index contributed by atoms with van der Waals surface area (Å²) < 4.78 is 0. The Morgan fingerprint density at radius 1 is 1.33 bits per heavy atom. The van der Waals surface area contributed by atoms with E-state index in [2.05, 4.69) is 32.4 Å². The lowest BCUT2D eigenvalue weighted by molar-refractivity contribution is -0.384. The molecule has 10 heteroatoms. The van der Waals surface area contributed by atoms with Gasteiger partial charge in [-0.05, 0) is 46.5 Å². The van der Waals surface area contributed by atoms with Crippen molar-refractivity contribution >= 4 is 69.2 Å². The predicted octanol–water partition coefficient (Wildman–Crippen LogP) is 5.45. The average Bonchev–Trinajstić information content (AvgIpc) is 2.68. The van der Waals surface area contributed by atoms with Gasteiger partial charge in [0.25, 0.3) is 5.69 Å². The molecule has 2 aromatic rings. The van der Waals surface area contributed by atoms with Crippen LogP contribution >= 0.6 is 40.2 Å². The van der Waals surface area contributed by atoms with Gasteiger partial charge >= 0.3 is 0 Å². The maximum atomic E-state index is 12.4. The molecule has 7 nitrogen and oxygen atoms in total. The molecule has 0 heterocycles. The number of hydrogen-bond acceptors (Lipinski definition) is 7. The number of benzene rings is 2. The molecule has 0 fully saturated rings. The second-order valence-corrected chi connectivity index (χ2v) is 8.08. The fraction of sp³-hybridized carbons (Fsp3) is 0.0588. The number of halogens is 1. The number of anilines is 2. The van der Waals surface area contributed by atoms with E-state index in [0.29, 0.717) is 11.4 Å². The minimum Gasteiger partial charge on any atom is -0.358 e. The number of rotatable bonds is 9. The number of nitrogens with one attached hydrogen (secondary N) is 3. The highest BCUT2D eigenvalue weighted by molar-refractivity contribution is 14.2. The lowest BCUT2D eigenvalue weighted by Crippen LogP contribution is -2.03. The van der Waals surface area contributed by atoms with Gasteiger partial charge in [0.2, 0.25) is 0 Å². The molecule has 0 saturated carbocycles. The predicted molar refractivity (Wildman–Crippen MR) is 123 cm³/mol. The zero-order valence-electron chi connectivity index (χ0n) is 14.2. The van der Waals surface area contributed by atoms with Crippen LogP contribution in [0.25, 0.3) is 0 Å². The van der Waals surface area contributed by atoms with Crippen molar-refractivity contribution in [3.8, 4) is 0 Å². The number of allylic oxidation sites excluding steroid dienone is 1. The van der Waals surface area contributed by atoms with Gasteiger partial charge < -0.3 is 15.8 Å².